The van der Waals surface area contributed by atoms with Crippen molar-refractivity contribution in [1.82, 2.24) is 20.6 Å². The van der Waals surface area contributed by atoms with Gasteiger partial charge in [0.05, 0.1) is 17.1 Å². The Kier molecular flexibility index (Phi) is 7.24. The van der Waals surface area contributed by atoms with Crippen LogP contribution < -0.4 is 15.6 Å². The minimum atomic E-state index is -0.479. The number of aryl methyl sites for hydroxylation is 1. The zero-order chi connectivity index (χ0) is 20.0. The fraction of sp³-hybridized carbons (Fsp3) is 0.421. The molecule has 0 fully saturated rings. The van der Waals surface area contributed by atoms with Crippen molar-refractivity contribution in [3.05, 3.63) is 46.2 Å². The monoisotopic (exact) mass is 392 g/mol. The number of nitrogens with one attached hydrogen (secondary N) is 2. The van der Waals surface area contributed by atoms with Crippen molar-refractivity contribution in [2.45, 2.75) is 40.7 Å². The average Bonchev–Trinajstić information content (AvgIpc) is 2.86. The maximum absolute atomic E-state index is 12.2. The minimum absolute atomic E-state index is 0.140. The van der Waals surface area contributed by atoms with Gasteiger partial charge >= 0.3 is 0 Å². The molecule has 2 aromatic rings. The van der Waals surface area contributed by atoms with Crippen LogP contribution >= 0.6 is 11.6 Å². The van der Waals surface area contributed by atoms with Crippen LogP contribution in [0.25, 0.3) is 0 Å². The molecule has 0 saturated heterocycles. The Morgan fingerprint density at radius 3 is 2.52 bits per heavy atom. The Balaban J connectivity index is 1.83. The summed E-state index contributed by atoms with van der Waals surface area (Å²) < 4.78 is 7.23. The molecule has 0 atom stereocenters. The van der Waals surface area contributed by atoms with Gasteiger partial charge in [0, 0.05) is 17.8 Å². The number of benzene rings is 1. The van der Waals surface area contributed by atoms with Gasteiger partial charge in [-0.3, -0.25) is 25.1 Å². The molecular formula is C19H25ClN4O3. The molecule has 8 heteroatoms. The normalized spacial score (nSPS) is 10.7. The fourth-order valence-electron chi connectivity index (χ4n) is 2.60. The molecule has 1 aromatic heterocycles. The summed E-state index contributed by atoms with van der Waals surface area (Å²) in [4.78, 5) is 24.0. The number of ether oxygens (including phenoxy) is 1. The number of para-hydroxylation sites is 1. The van der Waals surface area contributed by atoms with Crippen LogP contribution in [0.5, 0.6) is 5.75 Å². The molecule has 1 aromatic carbocycles. The number of nitrogens with zero attached hydrogens (tertiary/aromatic N) is 2. The van der Waals surface area contributed by atoms with Crippen molar-refractivity contribution in [3.63, 3.8) is 0 Å². The molecule has 27 heavy (non-hydrogen) atoms. The summed E-state index contributed by atoms with van der Waals surface area (Å²) in [6, 6.07) is 6.85. The van der Waals surface area contributed by atoms with Crippen LogP contribution in [0.2, 0.25) is 5.02 Å². The maximum atomic E-state index is 12.2. The Morgan fingerprint density at radius 1 is 1.19 bits per heavy atom. The molecule has 0 aliphatic heterocycles. The minimum Gasteiger partial charge on any atom is -0.482 e. The lowest BCUT2D eigenvalue weighted by molar-refractivity contribution is -0.129. The molecule has 2 N–H and O–H groups in total. The summed E-state index contributed by atoms with van der Waals surface area (Å²) in [6.45, 7) is 8.59. The summed E-state index contributed by atoms with van der Waals surface area (Å²) in [5.41, 5.74) is 7.38. The van der Waals surface area contributed by atoms with Gasteiger partial charge in [0.15, 0.2) is 6.61 Å². The SMILES string of the molecule is Cc1nn(CC(C)C)c(C)c1CC(=O)NNC(=O)COc1ccccc1Cl. The molecule has 2 amide bonds. The number of hydrogen-bond donors (Lipinski definition) is 2. The van der Waals surface area contributed by atoms with Gasteiger partial charge in [-0.2, -0.15) is 5.10 Å². The lowest BCUT2D eigenvalue weighted by Gasteiger charge is -2.10. The molecule has 1 heterocycles. The molecule has 0 saturated carbocycles. The van der Waals surface area contributed by atoms with E-state index in [1.165, 1.54) is 0 Å². The number of hydrogen-bond acceptors (Lipinski definition) is 4. The Bertz CT molecular complexity index is 817. The van der Waals surface area contributed by atoms with Crippen molar-refractivity contribution in [3.8, 4) is 5.75 Å². The number of hydrazine groups is 1. The van der Waals surface area contributed by atoms with Crippen LogP contribution in [0.4, 0.5) is 0 Å². The molecule has 7 nitrogen and oxygen atoms in total. The van der Waals surface area contributed by atoms with Gasteiger partial charge in [-0.05, 0) is 31.9 Å². The lowest BCUT2D eigenvalue weighted by Crippen LogP contribution is -2.44. The maximum Gasteiger partial charge on any atom is 0.276 e. The molecule has 0 bridgehead atoms. The van der Waals surface area contributed by atoms with E-state index in [1.54, 1.807) is 24.3 Å². The standard InChI is InChI=1S/C19H25ClN4O3/c1-12(2)10-24-14(4)15(13(3)23-24)9-18(25)21-22-19(26)11-27-17-8-6-5-7-16(17)20/h5-8,12H,9-11H2,1-4H3,(H,21,25)(H,22,26). The van der Waals surface area contributed by atoms with Crippen LogP contribution in [0.3, 0.4) is 0 Å². The van der Waals surface area contributed by atoms with Crippen LogP contribution in [0.1, 0.15) is 30.8 Å². The van der Waals surface area contributed by atoms with E-state index >= 15 is 0 Å². The van der Waals surface area contributed by atoms with Crippen LogP contribution in [0, 0.1) is 19.8 Å². The van der Waals surface area contributed by atoms with Crippen LogP contribution in [0.15, 0.2) is 24.3 Å². The third kappa shape index (κ3) is 5.99. The molecule has 0 radical (unpaired) electrons. The predicted molar refractivity (Wildman–Crippen MR) is 103 cm³/mol. The highest BCUT2D eigenvalue weighted by Crippen LogP contribution is 2.22. The second kappa shape index (κ2) is 9.41. The van der Waals surface area contributed by atoms with Crippen LogP contribution in [-0.4, -0.2) is 28.2 Å². The van der Waals surface area contributed by atoms with Gasteiger partial charge in [-0.25, -0.2) is 0 Å². The first kappa shape index (κ1) is 20.8. The third-order valence-electron chi connectivity index (χ3n) is 3.94. The van der Waals surface area contributed by atoms with Crippen molar-refractivity contribution in [2.75, 3.05) is 6.61 Å². The van der Waals surface area contributed by atoms with E-state index in [1.807, 2.05) is 18.5 Å². The first-order chi connectivity index (χ1) is 12.8. The number of halogens is 1. The zero-order valence-corrected chi connectivity index (χ0v) is 16.8. The quantitative estimate of drug-likeness (QED) is 0.709. The highest BCUT2D eigenvalue weighted by Gasteiger charge is 2.16. The highest BCUT2D eigenvalue weighted by molar-refractivity contribution is 6.32. The summed E-state index contributed by atoms with van der Waals surface area (Å²) >= 11 is 5.95. The molecule has 146 valence electrons. The first-order valence-electron chi connectivity index (χ1n) is 8.75. The first-order valence-corrected chi connectivity index (χ1v) is 9.13. The molecule has 0 unspecified atom stereocenters. The van der Waals surface area contributed by atoms with Gasteiger partial charge in [-0.15, -0.1) is 0 Å². The number of aromatic nitrogens is 2. The van der Waals surface area contributed by atoms with Gasteiger partial charge in [-0.1, -0.05) is 37.6 Å². The van der Waals surface area contributed by atoms with Gasteiger partial charge < -0.3 is 4.74 Å². The summed E-state index contributed by atoms with van der Waals surface area (Å²) in [7, 11) is 0. The summed E-state index contributed by atoms with van der Waals surface area (Å²) in [6.07, 6.45) is 0.140. The average molecular weight is 393 g/mol. The molecular weight excluding hydrogens is 368 g/mol. The Hall–Kier alpha value is -2.54. The van der Waals surface area contributed by atoms with E-state index < -0.39 is 5.91 Å². The molecule has 0 aliphatic carbocycles. The van der Waals surface area contributed by atoms with E-state index in [0.29, 0.717) is 16.7 Å². The second-order valence-corrected chi connectivity index (χ2v) is 7.12. The Labute approximate surface area is 164 Å². The van der Waals surface area contributed by atoms with E-state index in [4.69, 9.17) is 16.3 Å². The number of amides is 2. The van der Waals surface area contributed by atoms with Gasteiger partial charge in [0.1, 0.15) is 5.75 Å². The predicted octanol–water partition coefficient (Wildman–Crippen LogP) is 2.58. The van der Waals surface area contributed by atoms with E-state index in [2.05, 4.69) is 29.8 Å². The highest BCUT2D eigenvalue weighted by atomic mass is 35.5. The number of carbonyl (C=O) groups is 2. The van der Waals surface area contributed by atoms with Crippen molar-refractivity contribution < 1.29 is 14.3 Å². The van der Waals surface area contributed by atoms with E-state index in [-0.39, 0.29) is 18.9 Å². The summed E-state index contributed by atoms with van der Waals surface area (Å²) in [5.74, 6) is 0.0650. The Morgan fingerprint density at radius 2 is 1.85 bits per heavy atom. The van der Waals surface area contributed by atoms with Gasteiger partial charge in [0.2, 0.25) is 5.91 Å². The summed E-state index contributed by atoms with van der Waals surface area (Å²) in [5, 5.41) is 4.90. The van der Waals surface area contributed by atoms with E-state index in [9.17, 15) is 9.59 Å². The smallest absolute Gasteiger partial charge is 0.276 e. The fourth-order valence-corrected chi connectivity index (χ4v) is 2.79. The zero-order valence-electron chi connectivity index (χ0n) is 16.0. The van der Waals surface area contributed by atoms with Crippen molar-refractivity contribution in [2.24, 2.45) is 5.92 Å². The largest absolute Gasteiger partial charge is 0.482 e. The molecule has 0 aliphatic rings. The van der Waals surface area contributed by atoms with Crippen molar-refractivity contribution >= 4 is 23.4 Å². The van der Waals surface area contributed by atoms with E-state index in [0.717, 1.165) is 23.5 Å². The molecule has 2 rings (SSSR count). The molecule has 0 spiro atoms. The lowest BCUT2D eigenvalue weighted by atomic mass is 10.1. The third-order valence-corrected chi connectivity index (χ3v) is 4.26. The topological polar surface area (TPSA) is 85.3 Å². The number of rotatable bonds is 7. The van der Waals surface area contributed by atoms with Crippen LogP contribution in [-0.2, 0) is 22.6 Å². The second-order valence-electron chi connectivity index (χ2n) is 6.72. The number of carbonyl (C=O) groups excluding carboxylic acids is 2. The van der Waals surface area contributed by atoms with Gasteiger partial charge in [0.25, 0.3) is 5.91 Å². The van der Waals surface area contributed by atoms with Crippen molar-refractivity contribution in [1.29, 1.82) is 0 Å².